The fourth-order valence-corrected chi connectivity index (χ4v) is 4.48. The van der Waals surface area contributed by atoms with Crippen LogP contribution in [0.1, 0.15) is 25.7 Å². The van der Waals surface area contributed by atoms with E-state index in [0.717, 1.165) is 57.5 Å². The summed E-state index contributed by atoms with van der Waals surface area (Å²) in [5.74, 6) is 1.36. The van der Waals surface area contributed by atoms with Crippen molar-refractivity contribution < 1.29 is 4.79 Å². The number of nitrogens with zero attached hydrogens (tertiary/aromatic N) is 5. The van der Waals surface area contributed by atoms with Crippen LogP contribution >= 0.6 is 0 Å². The first kappa shape index (κ1) is 19.8. The van der Waals surface area contributed by atoms with Gasteiger partial charge >= 0.3 is 0 Å². The maximum absolute atomic E-state index is 12.5. The Morgan fingerprint density at radius 2 is 1.93 bits per heavy atom. The summed E-state index contributed by atoms with van der Waals surface area (Å²) in [6, 6.07) is 5.36. The van der Waals surface area contributed by atoms with Crippen molar-refractivity contribution in [3.8, 4) is 11.3 Å². The van der Waals surface area contributed by atoms with Gasteiger partial charge in [0.15, 0.2) is 0 Å². The third kappa shape index (κ3) is 4.90. The van der Waals surface area contributed by atoms with Crippen molar-refractivity contribution in [1.82, 2.24) is 24.3 Å². The van der Waals surface area contributed by atoms with E-state index in [1.54, 1.807) is 29.4 Å². The van der Waals surface area contributed by atoms with E-state index in [0.29, 0.717) is 24.0 Å². The molecule has 1 atom stereocenters. The number of aromatic nitrogens is 3. The molecular weight excluding hydrogens is 366 g/mol. The number of hydrogen-bond donors (Lipinski definition) is 0. The third-order valence-corrected chi connectivity index (χ3v) is 6.24. The number of hydrogen-bond acceptors (Lipinski definition) is 5. The fourth-order valence-electron chi connectivity index (χ4n) is 4.48. The van der Waals surface area contributed by atoms with E-state index in [2.05, 4.69) is 14.9 Å². The molecule has 1 amide bonds. The summed E-state index contributed by atoms with van der Waals surface area (Å²) in [7, 11) is 1.91. The molecule has 0 radical (unpaired) electrons. The molecule has 0 saturated carbocycles. The molecule has 7 heteroatoms. The van der Waals surface area contributed by atoms with Gasteiger partial charge in [-0.15, -0.1) is 0 Å². The molecule has 154 valence electrons. The van der Waals surface area contributed by atoms with E-state index >= 15 is 0 Å². The van der Waals surface area contributed by atoms with Gasteiger partial charge in [0, 0.05) is 57.1 Å². The van der Waals surface area contributed by atoms with Crippen LogP contribution in [0.4, 0.5) is 0 Å². The summed E-state index contributed by atoms with van der Waals surface area (Å²) in [6.07, 6.45) is 8.99. The Hall–Kier alpha value is -2.54. The molecule has 29 heavy (non-hydrogen) atoms. The number of carbonyl (C=O) groups excluding carboxylic acids is 1. The molecule has 7 nitrogen and oxygen atoms in total. The zero-order chi connectivity index (χ0) is 20.2. The van der Waals surface area contributed by atoms with Gasteiger partial charge in [-0.25, -0.2) is 4.98 Å². The summed E-state index contributed by atoms with van der Waals surface area (Å²) in [4.78, 5) is 37.1. The van der Waals surface area contributed by atoms with E-state index in [-0.39, 0.29) is 11.5 Å². The van der Waals surface area contributed by atoms with E-state index < -0.39 is 0 Å². The van der Waals surface area contributed by atoms with Crippen LogP contribution in [0.15, 0.2) is 41.7 Å². The molecule has 0 bridgehead atoms. The molecule has 0 spiro atoms. The van der Waals surface area contributed by atoms with Crippen molar-refractivity contribution in [3.63, 3.8) is 0 Å². The minimum Gasteiger partial charge on any atom is -0.345 e. The van der Waals surface area contributed by atoms with Crippen LogP contribution in [-0.2, 0) is 11.3 Å². The van der Waals surface area contributed by atoms with Crippen molar-refractivity contribution in [2.75, 3.05) is 33.2 Å². The first-order chi connectivity index (χ1) is 14.1. The Labute approximate surface area is 171 Å². The van der Waals surface area contributed by atoms with Gasteiger partial charge in [-0.1, -0.05) is 0 Å². The second-order valence-corrected chi connectivity index (χ2v) is 8.43. The minimum atomic E-state index is -0.00353. The highest BCUT2D eigenvalue weighted by atomic mass is 16.2. The van der Waals surface area contributed by atoms with Crippen LogP contribution in [0.5, 0.6) is 0 Å². The highest BCUT2D eigenvalue weighted by molar-refractivity contribution is 5.76. The lowest BCUT2D eigenvalue weighted by Gasteiger charge is -2.37. The van der Waals surface area contributed by atoms with Gasteiger partial charge in [0.25, 0.3) is 5.56 Å². The molecule has 2 aromatic heterocycles. The SMILES string of the molecule is CN1CC(CN2CCC(Cn3cnc(-c4cccnc4)cc3=O)CC2)CCC1=O. The molecule has 2 aliphatic heterocycles. The van der Waals surface area contributed by atoms with Crippen molar-refractivity contribution in [1.29, 1.82) is 0 Å². The molecule has 2 aliphatic rings. The highest BCUT2D eigenvalue weighted by Gasteiger charge is 2.27. The Morgan fingerprint density at radius 1 is 1.10 bits per heavy atom. The van der Waals surface area contributed by atoms with Crippen LogP contribution in [0.25, 0.3) is 11.3 Å². The average molecular weight is 396 g/mol. The summed E-state index contributed by atoms with van der Waals surface area (Å²) < 4.78 is 1.74. The predicted octanol–water partition coefficient (Wildman–Crippen LogP) is 1.89. The summed E-state index contributed by atoms with van der Waals surface area (Å²) in [6.45, 7) is 4.81. The van der Waals surface area contributed by atoms with Crippen LogP contribution in [0.3, 0.4) is 0 Å². The minimum absolute atomic E-state index is 0.00353. The Bertz CT molecular complexity index is 890. The normalized spacial score (nSPS) is 21.5. The quantitative estimate of drug-likeness (QED) is 0.773. The summed E-state index contributed by atoms with van der Waals surface area (Å²) in [5, 5.41) is 0. The number of carbonyl (C=O) groups is 1. The zero-order valence-electron chi connectivity index (χ0n) is 17.0. The van der Waals surface area contributed by atoms with E-state index in [9.17, 15) is 9.59 Å². The van der Waals surface area contributed by atoms with Gasteiger partial charge in [0.2, 0.25) is 5.91 Å². The lowest BCUT2D eigenvalue weighted by atomic mass is 9.93. The van der Waals surface area contributed by atoms with Crippen molar-refractivity contribution in [2.45, 2.75) is 32.2 Å². The van der Waals surface area contributed by atoms with Gasteiger partial charge in [-0.3, -0.25) is 19.1 Å². The van der Waals surface area contributed by atoms with E-state index in [1.807, 2.05) is 24.1 Å². The van der Waals surface area contributed by atoms with Crippen molar-refractivity contribution >= 4 is 5.91 Å². The first-order valence-electron chi connectivity index (χ1n) is 10.5. The van der Waals surface area contributed by atoms with Crippen molar-refractivity contribution in [3.05, 3.63) is 47.3 Å². The molecule has 0 N–H and O–H groups in total. The van der Waals surface area contributed by atoms with E-state index in [1.165, 1.54) is 0 Å². The second kappa shape index (κ2) is 8.86. The molecule has 1 unspecified atom stereocenters. The molecule has 2 fully saturated rings. The number of pyridine rings is 1. The molecule has 4 heterocycles. The Balaban J connectivity index is 1.29. The van der Waals surface area contributed by atoms with Crippen molar-refractivity contribution in [2.24, 2.45) is 11.8 Å². The highest BCUT2D eigenvalue weighted by Crippen LogP contribution is 2.23. The number of likely N-dealkylation sites (tertiary alicyclic amines) is 2. The third-order valence-electron chi connectivity index (χ3n) is 6.24. The molecule has 4 rings (SSSR count). The Kier molecular flexibility index (Phi) is 6.04. The molecule has 2 aromatic rings. The van der Waals surface area contributed by atoms with Crippen LogP contribution in [0, 0.1) is 11.8 Å². The van der Waals surface area contributed by atoms with Crippen LogP contribution in [0.2, 0.25) is 0 Å². The molecule has 0 aromatic carbocycles. The summed E-state index contributed by atoms with van der Waals surface area (Å²) in [5.41, 5.74) is 1.53. The van der Waals surface area contributed by atoms with Gasteiger partial charge in [-0.05, 0) is 56.3 Å². The number of rotatable bonds is 5. The summed E-state index contributed by atoms with van der Waals surface area (Å²) >= 11 is 0. The average Bonchev–Trinajstić information content (AvgIpc) is 2.74. The van der Waals surface area contributed by atoms with Gasteiger partial charge in [-0.2, -0.15) is 0 Å². The molecule has 0 aliphatic carbocycles. The van der Waals surface area contributed by atoms with Crippen LogP contribution in [-0.4, -0.2) is 63.5 Å². The van der Waals surface area contributed by atoms with Gasteiger partial charge < -0.3 is 9.80 Å². The predicted molar refractivity (Wildman–Crippen MR) is 111 cm³/mol. The lowest BCUT2D eigenvalue weighted by Crippen LogP contribution is -2.44. The number of amides is 1. The second-order valence-electron chi connectivity index (χ2n) is 8.43. The maximum Gasteiger partial charge on any atom is 0.253 e. The van der Waals surface area contributed by atoms with Gasteiger partial charge in [0.05, 0.1) is 12.0 Å². The lowest BCUT2D eigenvalue weighted by molar-refractivity contribution is -0.133. The van der Waals surface area contributed by atoms with Gasteiger partial charge in [0.1, 0.15) is 0 Å². The Morgan fingerprint density at radius 3 is 2.62 bits per heavy atom. The smallest absolute Gasteiger partial charge is 0.253 e. The monoisotopic (exact) mass is 395 g/mol. The maximum atomic E-state index is 12.5. The molecule has 2 saturated heterocycles. The zero-order valence-corrected chi connectivity index (χ0v) is 17.0. The van der Waals surface area contributed by atoms with Crippen LogP contribution < -0.4 is 5.56 Å². The molecular formula is C22H29N5O2. The standard InChI is InChI=1S/C22H29N5O2/c1-25-13-18(4-5-21(25)28)14-26-9-6-17(7-10-26)15-27-16-24-20(11-22(27)29)19-3-2-8-23-12-19/h2-3,8,11-12,16-18H,4-7,9-10,13-15H2,1H3. The number of piperidine rings is 2. The largest absolute Gasteiger partial charge is 0.345 e. The first-order valence-corrected chi connectivity index (χ1v) is 10.5. The van der Waals surface area contributed by atoms with E-state index in [4.69, 9.17) is 0 Å². The topological polar surface area (TPSA) is 71.3 Å². The fraction of sp³-hybridized carbons (Fsp3) is 0.545.